The molecule has 1 aromatic carbocycles. The molecule has 7 nitrogen and oxygen atoms in total. The summed E-state index contributed by atoms with van der Waals surface area (Å²) in [7, 11) is -3.00. The summed E-state index contributed by atoms with van der Waals surface area (Å²) < 4.78 is 27.8. The first-order valence-corrected chi connectivity index (χ1v) is 13.3. The molecule has 1 aliphatic heterocycles. The number of ketones is 1. The molecule has 4 rings (SSSR count). The van der Waals surface area contributed by atoms with Crippen LogP contribution in [-0.4, -0.2) is 50.8 Å². The molecule has 32 heavy (non-hydrogen) atoms. The predicted molar refractivity (Wildman–Crippen MR) is 127 cm³/mol. The number of nitrogens with zero attached hydrogens (tertiary/aromatic N) is 4. The molecule has 0 N–H and O–H groups in total. The summed E-state index contributed by atoms with van der Waals surface area (Å²) in [5.74, 6) is 1.29. The van der Waals surface area contributed by atoms with Crippen molar-refractivity contribution >= 4 is 27.4 Å². The van der Waals surface area contributed by atoms with Crippen molar-refractivity contribution in [2.45, 2.75) is 38.0 Å². The maximum Gasteiger partial charge on any atom is 0.192 e. The molecule has 0 saturated carbocycles. The SMILES string of the molecule is C=CCn1c(SCC(=O)c2cc(C)n(C3CCS(=O)(=O)C3)c2C)nnc1-c1ccccc1. The van der Waals surface area contributed by atoms with Crippen molar-refractivity contribution in [2.75, 3.05) is 17.3 Å². The van der Waals surface area contributed by atoms with Gasteiger partial charge in [-0.15, -0.1) is 16.8 Å². The molecular weight excluding hydrogens is 444 g/mol. The van der Waals surface area contributed by atoms with Crippen molar-refractivity contribution in [3.8, 4) is 11.4 Å². The highest BCUT2D eigenvalue weighted by Crippen LogP contribution is 2.30. The number of Topliss-reactive ketones (excluding diaryl/α,β-unsaturated/α-hetero) is 1. The number of carbonyl (C=O) groups excluding carboxylic acids is 1. The van der Waals surface area contributed by atoms with Gasteiger partial charge in [-0.2, -0.15) is 0 Å². The Labute approximate surface area is 192 Å². The Kier molecular flexibility index (Phi) is 6.39. The number of thioether (sulfide) groups is 1. The van der Waals surface area contributed by atoms with Gasteiger partial charge in [0, 0.05) is 35.1 Å². The lowest BCUT2D eigenvalue weighted by Gasteiger charge is -2.16. The standard InChI is InChI=1S/C23H26N4O3S2/c1-4-11-26-22(18-8-6-5-7-9-18)24-25-23(26)31-14-21(28)20-13-16(2)27(17(20)3)19-10-12-32(29,30)15-19/h4-9,13,19H,1,10-12,14-15H2,2-3H3. The van der Waals surface area contributed by atoms with Gasteiger partial charge in [-0.05, 0) is 26.3 Å². The molecule has 168 valence electrons. The number of carbonyl (C=O) groups is 1. The number of hydrogen-bond donors (Lipinski definition) is 0. The van der Waals surface area contributed by atoms with Gasteiger partial charge in [-0.3, -0.25) is 9.36 Å². The molecule has 3 aromatic rings. The molecule has 2 aromatic heterocycles. The van der Waals surface area contributed by atoms with Crippen LogP contribution in [-0.2, 0) is 16.4 Å². The van der Waals surface area contributed by atoms with Crippen LogP contribution in [0.4, 0.5) is 0 Å². The number of allylic oxidation sites excluding steroid dienone is 1. The molecule has 9 heteroatoms. The van der Waals surface area contributed by atoms with Gasteiger partial charge in [0.25, 0.3) is 0 Å². The van der Waals surface area contributed by atoms with E-state index in [-0.39, 0.29) is 29.1 Å². The lowest BCUT2D eigenvalue weighted by molar-refractivity contribution is 0.102. The van der Waals surface area contributed by atoms with E-state index < -0.39 is 9.84 Å². The highest BCUT2D eigenvalue weighted by atomic mass is 32.2. The quantitative estimate of drug-likeness (QED) is 0.282. The zero-order chi connectivity index (χ0) is 22.9. The van der Waals surface area contributed by atoms with E-state index in [4.69, 9.17) is 0 Å². The molecule has 0 radical (unpaired) electrons. The van der Waals surface area contributed by atoms with Crippen molar-refractivity contribution in [3.05, 3.63) is 66.0 Å². The van der Waals surface area contributed by atoms with E-state index in [1.165, 1.54) is 11.8 Å². The number of sulfone groups is 1. The number of rotatable bonds is 8. The van der Waals surface area contributed by atoms with Crippen LogP contribution in [0.3, 0.4) is 0 Å². The number of aromatic nitrogens is 4. The molecule has 0 amide bonds. The molecule has 1 fully saturated rings. The topological polar surface area (TPSA) is 86.9 Å². The summed E-state index contributed by atoms with van der Waals surface area (Å²) in [5.41, 5.74) is 3.33. The Morgan fingerprint density at radius 3 is 2.66 bits per heavy atom. The van der Waals surface area contributed by atoms with E-state index in [1.54, 1.807) is 6.08 Å². The minimum absolute atomic E-state index is 0.00961. The monoisotopic (exact) mass is 470 g/mol. The van der Waals surface area contributed by atoms with E-state index in [1.807, 2.05) is 59.4 Å². The smallest absolute Gasteiger partial charge is 0.192 e. The largest absolute Gasteiger partial charge is 0.344 e. The summed E-state index contributed by atoms with van der Waals surface area (Å²) in [6.45, 7) is 8.19. The van der Waals surface area contributed by atoms with Gasteiger partial charge in [0.2, 0.25) is 0 Å². The van der Waals surface area contributed by atoms with Gasteiger partial charge >= 0.3 is 0 Å². The molecule has 1 saturated heterocycles. The molecule has 1 aliphatic rings. The van der Waals surface area contributed by atoms with E-state index >= 15 is 0 Å². The maximum absolute atomic E-state index is 13.1. The van der Waals surface area contributed by atoms with Crippen molar-refractivity contribution in [1.82, 2.24) is 19.3 Å². The van der Waals surface area contributed by atoms with Crippen LogP contribution in [0.25, 0.3) is 11.4 Å². The fourth-order valence-corrected chi connectivity index (χ4v) is 6.83. The lowest BCUT2D eigenvalue weighted by Crippen LogP contribution is -2.14. The Morgan fingerprint density at radius 2 is 2.00 bits per heavy atom. The molecular formula is C23H26N4O3S2. The van der Waals surface area contributed by atoms with Crippen LogP contribution in [0.15, 0.2) is 54.2 Å². The zero-order valence-electron chi connectivity index (χ0n) is 18.2. The van der Waals surface area contributed by atoms with Crippen LogP contribution in [0, 0.1) is 13.8 Å². The fourth-order valence-electron chi connectivity index (χ4n) is 4.30. The summed E-state index contributed by atoms with van der Waals surface area (Å²) in [6.07, 6.45) is 2.37. The predicted octanol–water partition coefficient (Wildman–Crippen LogP) is 3.88. The molecule has 1 unspecified atom stereocenters. The average Bonchev–Trinajstić information content (AvgIpc) is 3.42. The second kappa shape index (κ2) is 9.07. The van der Waals surface area contributed by atoms with Crippen molar-refractivity contribution < 1.29 is 13.2 Å². The second-order valence-corrected chi connectivity index (χ2v) is 11.2. The molecule has 3 heterocycles. The second-order valence-electron chi connectivity index (χ2n) is 8.00. The Bertz CT molecular complexity index is 1260. The minimum Gasteiger partial charge on any atom is -0.344 e. The van der Waals surface area contributed by atoms with E-state index in [9.17, 15) is 13.2 Å². The van der Waals surface area contributed by atoms with Gasteiger partial charge in [0.1, 0.15) is 0 Å². The summed E-state index contributed by atoms with van der Waals surface area (Å²) in [6, 6.07) is 11.6. The first kappa shape index (κ1) is 22.5. The minimum atomic E-state index is -3.00. The van der Waals surface area contributed by atoms with Gasteiger partial charge < -0.3 is 4.57 Å². The van der Waals surface area contributed by atoms with Gasteiger partial charge in [-0.1, -0.05) is 48.2 Å². The first-order valence-electron chi connectivity index (χ1n) is 10.4. The zero-order valence-corrected chi connectivity index (χ0v) is 19.8. The highest BCUT2D eigenvalue weighted by molar-refractivity contribution is 7.99. The van der Waals surface area contributed by atoms with Crippen molar-refractivity contribution in [2.24, 2.45) is 0 Å². The summed E-state index contributed by atoms with van der Waals surface area (Å²) >= 11 is 1.35. The van der Waals surface area contributed by atoms with Crippen LogP contribution in [0.1, 0.15) is 34.2 Å². The number of hydrogen-bond acceptors (Lipinski definition) is 6. The van der Waals surface area contributed by atoms with E-state index in [0.717, 1.165) is 22.8 Å². The van der Waals surface area contributed by atoms with Crippen LogP contribution >= 0.6 is 11.8 Å². The maximum atomic E-state index is 13.1. The Balaban J connectivity index is 1.53. The van der Waals surface area contributed by atoms with E-state index in [2.05, 4.69) is 16.8 Å². The molecule has 0 aliphatic carbocycles. The third-order valence-electron chi connectivity index (χ3n) is 5.75. The third kappa shape index (κ3) is 4.45. The fraction of sp³-hybridized carbons (Fsp3) is 0.348. The Hall–Kier alpha value is -2.65. The number of aryl methyl sites for hydroxylation is 1. The molecule has 0 spiro atoms. The molecule has 1 atom stereocenters. The van der Waals surface area contributed by atoms with Crippen LogP contribution < -0.4 is 0 Å². The molecule has 0 bridgehead atoms. The third-order valence-corrected chi connectivity index (χ3v) is 8.47. The van der Waals surface area contributed by atoms with Gasteiger partial charge in [0.15, 0.2) is 26.6 Å². The van der Waals surface area contributed by atoms with Crippen molar-refractivity contribution in [1.29, 1.82) is 0 Å². The lowest BCUT2D eigenvalue weighted by atomic mass is 10.2. The summed E-state index contributed by atoms with van der Waals surface area (Å²) in [5, 5.41) is 9.29. The average molecular weight is 471 g/mol. The van der Waals surface area contributed by atoms with Crippen molar-refractivity contribution in [3.63, 3.8) is 0 Å². The van der Waals surface area contributed by atoms with Crippen LogP contribution in [0.2, 0.25) is 0 Å². The van der Waals surface area contributed by atoms with E-state index in [0.29, 0.717) is 23.7 Å². The van der Waals surface area contributed by atoms with Gasteiger partial charge in [-0.25, -0.2) is 8.42 Å². The number of benzene rings is 1. The van der Waals surface area contributed by atoms with Gasteiger partial charge in [0.05, 0.1) is 17.3 Å². The summed E-state index contributed by atoms with van der Waals surface area (Å²) in [4.78, 5) is 13.1. The normalized spacial score (nSPS) is 17.5. The Morgan fingerprint density at radius 1 is 1.25 bits per heavy atom. The highest BCUT2D eigenvalue weighted by Gasteiger charge is 2.31. The first-order chi connectivity index (χ1) is 15.3. The van der Waals surface area contributed by atoms with Crippen LogP contribution in [0.5, 0.6) is 0 Å².